The number of aromatic amines is 1. The Labute approximate surface area is 222 Å². The summed E-state index contributed by atoms with van der Waals surface area (Å²) in [6.07, 6.45) is 0.612. The Kier molecular flexibility index (Phi) is 6.57. The average Bonchev–Trinajstić information content (AvgIpc) is 3.52. The second-order valence-electron chi connectivity index (χ2n) is 9.65. The van der Waals surface area contributed by atoms with Crippen LogP contribution in [-0.4, -0.2) is 18.1 Å². The topological polar surface area (TPSA) is 60.6 Å². The third-order valence-electron chi connectivity index (χ3n) is 7.29. The predicted octanol–water partition coefficient (Wildman–Crippen LogP) is 6.80. The van der Waals surface area contributed by atoms with Crippen LogP contribution in [0.4, 0.5) is 0 Å². The maximum absolute atomic E-state index is 12.9. The van der Waals surface area contributed by atoms with Crippen LogP contribution in [0.25, 0.3) is 10.9 Å². The molecule has 0 radical (unpaired) electrons. The van der Waals surface area contributed by atoms with E-state index in [1.54, 1.807) is 0 Å². The lowest BCUT2D eigenvalue weighted by atomic mass is 9.88. The lowest BCUT2D eigenvalue weighted by molar-refractivity contribution is -0.145. The van der Waals surface area contributed by atoms with Gasteiger partial charge in [-0.25, -0.2) is 0 Å². The largest absolute Gasteiger partial charge is 0.489 e. The first kappa shape index (κ1) is 23.9. The van der Waals surface area contributed by atoms with Crippen molar-refractivity contribution in [3.05, 3.63) is 131 Å². The Morgan fingerprint density at radius 2 is 1.39 bits per heavy atom. The number of rotatable bonds is 8. The van der Waals surface area contributed by atoms with E-state index in [9.17, 15) is 4.79 Å². The van der Waals surface area contributed by atoms with Gasteiger partial charge in [0.05, 0.1) is 13.0 Å². The highest BCUT2D eigenvalue weighted by atomic mass is 16.5. The number of fused-ring (bicyclic) bond motifs is 3. The molecule has 0 amide bonds. The molecule has 1 aliphatic carbocycles. The average molecular weight is 504 g/mol. The van der Waals surface area contributed by atoms with Gasteiger partial charge in [-0.05, 0) is 59.0 Å². The number of H-pyrrole nitrogens is 1. The van der Waals surface area contributed by atoms with Crippen LogP contribution in [0.15, 0.2) is 103 Å². The van der Waals surface area contributed by atoms with Gasteiger partial charge in [-0.2, -0.15) is 0 Å². The fourth-order valence-corrected chi connectivity index (χ4v) is 5.38. The van der Waals surface area contributed by atoms with E-state index in [-0.39, 0.29) is 17.8 Å². The third-order valence-corrected chi connectivity index (χ3v) is 7.29. The van der Waals surface area contributed by atoms with Crippen molar-refractivity contribution in [1.82, 2.24) is 4.98 Å². The van der Waals surface area contributed by atoms with Gasteiger partial charge >= 0.3 is 5.97 Å². The number of carbonyl (C=O) groups excluding carboxylic acids is 1. The van der Waals surface area contributed by atoms with Crippen molar-refractivity contribution in [2.45, 2.75) is 25.6 Å². The highest BCUT2D eigenvalue weighted by Gasteiger charge is 2.41. The van der Waals surface area contributed by atoms with Gasteiger partial charge in [0.1, 0.15) is 24.7 Å². The molecule has 5 heteroatoms. The molecule has 1 N–H and O–H groups in total. The Bertz CT molecular complexity index is 1540. The predicted molar refractivity (Wildman–Crippen MR) is 147 cm³/mol. The second-order valence-corrected chi connectivity index (χ2v) is 9.65. The van der Waals surface area contributed by atoms with E-state index in [2.05, 4.69) is 41.4 Å². The SMILES string of the molecule is COC(=O)C1Cc2c([nH]c3ccc(OCc4ccccc4)cc23)C1c1ccc(OCc2ccccc2)cc1. The zero-order valence-electron chi connectivity index (χ0n) is 21.2. The molecule has 38 heavy (non-hydrogen) atoms. The zero-order valence-corrected chi connectivity index (χ0v) is 21.2. The monoisotopic (exact) mass is 503 g/mol. The summed E-state index contributed by atoms with van der Waals surface area (Å²) in [5.74, 6) is 0.981. The normalized spacial score (nSPS) is 16.2. The van der Waals surface area contributed by atoms with Crippen molar-refractivity contribution in [3.8, 4) is 11.5 Å². The van der Waals surface area contributed by atoms with Crippen molar-refractivity contribution in [2.24, 2.45) is 5.92 Å². The molecule has 4 aromatic carbocycles. The quantitative estimate of drug-likeness (QED) is 0.237. The Balaban J connectivity index is 1.26. The first-order chi connectivity index (χ1) is 18.7. The van der Waals surface area contributed by atoms with E-state index in [1.807, 2.05) is 66.7 Å². The first-order valence-corrected chi connectivity index (χ1v) is 12.9. The maximum atomic E-state index is 12.9. The minimum atomic E-state index is -0.296. The number of benzene rings is 4. The van der Waals surface area contributed by atoms with Gasteiger partial charge in [-0.15, -0.1) is 0 Å². The molecule has 0 bridgehead atoms. The summed E-state index contributed by atoms with van der Waals surface area (Å²) < 4.78 is 17.3. The Morgan fingerprint density at radius 1 is 0.789 bits per heavy atom. The minimum Gasteiger partial charge on any atom is -0.489 e. The molecule has 1 heterocycles. The maximum Gasteiger partial charge on any atom is 0.310 e. The Hall–Kier alpha value is -4.51. The highest BCUT2D eigenvalue weighted by Crippen LogP contribution is 2.46. The molecule has 1 aromatic heterocycles. The summed E-state index contributed by atoms with van der Waals surface area (Å²) in [5, 5.41) is 1.09. The van der Waals surface area contributed by atoms with Crippen LogP contribution >= 0.6 is 0 Å². The lowest BCUT2D eigenvalue weighted by Gasteiger charge is -2.19. The number of hydrogen-bond donors (Lipinski definition) is 1. The summed E-state index contributed by atoms with van der Waals surface area (Å²) in [4.78, 5) is 16.5. The number of aromatic nitrogens is 1. The highest BCUT2D eigenvalue weighted by molar-refractivity contribution is 5.89. The van der Waals surface area contributed by atoms with E-state index in [0.29, 0.717) is 19.6 Å². The molecule has 0 saturated heterocycles. The molecule has 0 aliphatic heterocycles. The van der Waals surface area contributed by atoms with Gasteiger partial charge in [-0.3, -0.25) is 4.79 Å². The molecular weight excluding hydrogens is 474 g/mol. The van der Waals surface area contributed by atoms with Crippen LogP contribution in [0.2, 0.25) is 0 Å². The molecule has 0 fully saturated rings. The van der Waals surface area contributed by atoms with Crippen molar-refractivity contribution < 1.29 is 19.0 Å². The van der Waals surface area contributed by atoms with Crippen molar-refractivity contribution >= 4 is 16.9 Å². The van der Waals surface area contributed by atoms with Crippen LogP contribution in [0.1, 0.15) is 33.9 Å². The number of methoxy groups -OCH3 is 1. The van der Waals surface area contributed by atoms with Crippen molar-refractivity contribution in [1.29, 1.82) is 0 Å². The van der Waals surface area contributed by atoms with Crippen LogP contribution in [0, 0.1) is 5.92 Å². The van der Waals surface area contributed by atoms with Gasteiger partial charge in [0.2, 0.25) is 0 Å². The summed E-state index contributed by atoms with van der Waals surface area (Å²) in [6.45, 7) is 1.01. The summed E-state index contributed by atoms with van der Waals surface area (Å²) in [5.41, 5.74) is 6.54. The molecule has 2 atom stereocenters. The second kappa shape index (κ2) is 10.5. The number of ether oxygens (including phenoxy) is 3. The van der Waals surface area contributed by atoms with Gasteiger partial charge in [0.15, 0.2) is 0 Å². The van der Waals surface area contributed by atoms with E-state index >= 15 is 0 Å². The number of hydrogen-bond acceptors (Lipinski definition) is 4. The summed E-state index contributed by atoms with van der Waals surface area (Å²) in [6, 6.07) is 34.4. The molecule has 0 spiro atoms. The molecule has 6 rings (SSSR count). The summed E-state index contributed by atoms with van der Waals surface area (Å²) >= 11 is 0. The smallest absolute Gasteiger partial charge is 0.310 e. The van der Waals surface area contributed by atoms with Crippen molar-refractivity contribution in [2.75, 3.05) is 7.11 Å². The zero-order chi connectivity index (χ0) is 25.9. The van der Waals surface area contributed by atoms with Crippen LogP contribution in [-0.2, 0) is 29.2 Å². The molecular formula is C33H29NO4. The van der Waals surface area contributed by atoms with E-state index < -0.39 is 0 Å². The molecule has 190 valence electrons. The fraction of sp³-hybridized carbons (Fsp3) is 0.182. The first-order valence-electron chi connectivity index (χ1n) is 12.9. The molecule has 5 nitrogen and oxygen atoms in total. The number of esters is 1. The van der Waals surface area contributed by atoms with E-state index in [1.165, 1.54) is 7.11 Å². The molecule has 5 aromatic rings. The lowest BCUT2D eigenvalue weighted by Crippen LogP contribution is -2.22. The number of carbonyl (C=O) groups is 1. The molecule has 1 aliphatic rings. The standard InChI is InChI=1S/C33H29NO4/c1-36-33(35)29-19-28-27-18-26(38-21-23-10-6-3-7-11-23)16-17-30(27)34-32(28)31(29)24-12-14-25(15-13-24)37-20-22-8-4-2-5-9-22/h2-18,29,31,34H,19-21H2,1H3. The fourth-order valence-electron chi connectivity index (χ4n) is 5.38. The van der Waals surface area contributed by atoms with E-state index in [0.717, 1.165) is 50.3 Å². The molecule has 2 unspecified atom stereocenters. The van der Waals surface area contributed by atoms with Crippen LogP contribution < -0.4 is 9.47 Å². The van der Waals surface area contributed by atoms with Gasteiger partial charge in [0.25, 0.3) is 0 Å². The van der Waals surface area contributed by atoms with Gasteiger partial charge in [-0.1, -0.05) is 72.8 Å². The summed E-state index contributed by atoms with van der Waals surface area (Å²) in [7, 11) is 1.46. The van der Waals surface area contributed by atoms with Gasteiger partial charge < -0.3 is 19.2 Å². The van der Waals surface area contributed by atoms with Gasteiger partial charge in [0, 0.05) is 22.5 Å². The number of nitrogens with one attached hydrogen (secondary N) is 1. The van der Waals surface area contributed by atoms with E-state index in [4.69, 9.17) is 14.2 Å². The minimum absolute atomic E-state index is 0.123. The van der Waals surface area contributed by atoms with Crippen LogP contribution in [0.3, 0.4) is 0 Å². The third kappa shape index (κ3) is 4.75. The van der Waals surface area contributed by atoms with Crippen molar-refractivity contribution in [3.63, 3.8) is 0 Å². The molecule has 0 saturated carbocycles. The Morgan fingerprint density at radius 3 is 2.03 bits per heavy atom. The van der Waals surface area contributed by atoms with Crippen LogP contribution in [0.5, 0.6) is 11.5 Å².